The number of nitrogens with zero attached hydrogens (tertiary/aromatic N) is 4. The van der Waals surface area contributed by atoms with Gasteiger partial charge in [-0.3, -0.25) is 14.9 Å². The maximum absolute atomic E-state index is 12.9. The third kappa shape index (κ3) is 4.29. The van der Waals surface area contributed by atoms with Gasteiger partial charge in [-0.15, -0.1) is 0 Å². The first kappa shape index (κ1) is 21.4. The summed E-state index contributed by atoms with van der Waals surface area (Å²) in [7, 11) is 0. The number of nitro benzene ring substituents is 1. The van der Waals surface area contributed by atoms with E-state index in [4.69, 9.17) is 0 Å². The summed E-state index contributed by atoms with van der Waals surface area (Å²) in [5.41, 5.74) is -0.0997. The molecular weight excluding hydrogens is 425 g/mol. The molecule has 0 spiro atoms. The monoisotopic (exact) mass is 444 g/mol. The minimum absolute atomic E-state index is 0.117. The van der Waals surface area contributed by atoms with Crippen molar-refractivity contribution in [1.82, 2.24) is 9.47 Å². The van der Waals surface area contributed by atoms with Crippen LogP contribution in [0.25, 0.3) is 5.69 Å². The van der Waals surface area contributed by atoms with E-state index in [0.717, 1.165) is 17.8 Å². The molecule has 0 atom stereocenters. The molecule has 0 bridgehead atoms. The normalized spacial score (nSPS) is 14.5. The quantitative estimate of drug-likeness (QED) is 0.443. The Morgan fingerprint density at radius 1 is 0.938 bits per heavy atom. The van der Waals surface area contributed by atoms with Crippen molar-refractivity contribution in [3.8, 4) is 5.69 Å². The van der Waals surface area contributed by atoms with Gasteiger partial charge in [-0.1, -0.05) is 0 Å². The standard InChI is InChI=1S/C22H19F3N4O3/c23-22(24,25)17-5-8-19(20(15-17)29(31)32)27-11-13-28(14-12-27)21(30)16-3-6-18(7-4-16)26-9-1-2-10-26/h1-10,15H,11-14H2. The van der Waals surface area contributed by atoms with Crippen LogP contribution < -0.4 is 4.90 Å². The van der Waals surface area contributed by atoms with Crippen molar-refractivity contribution >= 4 is 17.3 Å². The first-order valence-corrected chi connectivity index (χ1v) is 9.87. The highest BCUT2D eigenvalue weighted by molar-refractivity contribution is 5.94. The number of nitro groups is 1. The number of alkyl halides is 3. The van der Waals surface area contributed by atoms with Crippen molar-refractivity contribution in [2.45, 2.75) is 6.18 Å². The molecule has 1 amide bonds. The Labute approximate surface area is 181 Å². The SMILES string of the molecule is O=C(c1ccc(-n2cccc2)cc1)N1CCN(c2ccc(C(F)(F)F)cc2[N+](=O)[O-])CC1. The molecule has 2 heterocycles. The van der Waals surface area contributed by atoms with Gasteiger partial charge in [0.05, 0.1) is 10.5 Å². The van der Waals surface area contributed by atoms with E-state index < -0.39 is 22.4 Å². The predicted molar refractivity (Wildman–Crippen MR) is 112 cm³/mol. The Kier molecular flexibility index (Phi) is 5.60. The number of amides is 1. The second kappa shape index (κ2) is 8.37. The molecular formula is C22H19F3N4O3. The lowest BCUT2D eigenvalue weighted by molar-refractivity contribution is -0.384. The number of benzene rings is 2. The molecule has 0 saturated carbocycles. The predicted octanol–water partition coefficient (Wildman–Crippen LogP) is 4.37. The zero-order valence-electron chi connectivity index (χ0n) is 16.8. The molecule has 10 heteroatoms. The van der Waals surface area contributed by atoms with Crippen molar-refractivity contribution in [2.75, 3.05) is 31.1 Å². The summed E-state index contributed by atoms with van der Waals surface area (Å²) in [6.45, 7) is 1.16. The van der Waals surface area contributed by atoms with Gasteiger partial charge in [-0.25, -0.2) is 0 Å². The zero-order valence-corrected chi connectivity index (χ0v) is 16.8. The smallest absolute Gasteiger partial charge is 0.362 e. The third-order valence-electron chi connectivity index (χ3n) is 5.42. The van der Waals surface area contributed by atoms with Gasteiger partial charge in [0.25, 0.3) is 11.6 Å². The molecule has 32 heavy (non-hydrogen) atoms. The summed E-state index contributed by atoms with van der Waals surface area (Å²) in [4.78, 5) is 26.7. The number of hydrogen-bond acceptors (Lipinski definition) is 4. The van der Waals surface area contributed by atoms with Crippen LogP contribution in [0.15, 0.2) is 67.0 Å². The van der Waals surface area contributed by atoms with Crippen molar-refractivity contribution in [1.29, 1.82) is 0 Å². The summed E-state index contributed by atoms with van der Waals surface area (Å²) >= 11 is 0. The minimum Gasteiger partial charge on any atom is -0.362 e. The fourth-order valence-corrected chi connectivity index (χ4v) is 3.73. The van der Waals surface area contributed by atoms with E-state index in [1.165, 1.54) is 0 Å². The molecule has 1 aliphatic heterocycles. The molecule has 0 radical (unpaired) electrons. The van der Waals surface area contributed by atoms with Crippen molar-refractivity contribution in [2.24, 2.45) is 0 Å². The molecule has 7 nitrogen and oxygen atoms in total. The first-order valence-electron chi connectivity index (χ1n) is 9.87. The van der Waals surface area contributed by atoms with E-state index in [0.29, 0.717) is 24.7 Å². The maximum atomic E-state index is 12.9. The largest absolute Gasteiger partial charge is 0.416 e. The van der Waals surface area contributed by atoms with Gasteiger partial charge >= 0.3 is 6.18 Å². The molecule has 2 aromatic carbocycles. The molecule has 166 valence electrons. The third-order valence-corrected chi connectivity index (χ3v) is 5.42. The summed E-state index contributed by atoms with van der Waals surface area (Å²) in [6, 6.07) is 13.5. The van der Waals surface area contributed by atoms with E-state index >= 15 is 0 Å². The maximum Gasteiger partial charge on any atom is 0.416 e. The van der Waals surface area contributed by atoms with Crippen molar-refractivity contribution < 1.29 is 22.9 Å². The van der Waals surface area contributed by atoms with Crippen molar-refractivity contribution in [3.05, 3.63) is 88.2 Å². The lowest BCUT2D eigenvalue weighted by Gasteiger charge is -2.36. The van der Waals surface area contributed by atoms with E-state index in [1.807, 2.05) is 41.2 Å². The number of anilines is 1. The molecule has 0 N–H and O–H groups in total. The van der Waals surface area contributed by atoms with Crippen LogP contribution in [0, 0.1) is 10.1 Å². The van der Waals surface area contributed by atoms with Crippen molar-refractivity contribution in [3.63, 3.8) is 0 Å². The topological polar surface area (TPSA) is 71.6 Å². The van der Waals surface area contributed by atoms with Crippen LogP contribution in [0.1, 0.15) is 15.9 Å². The van der Waals surface area contributed by atoms with Crippen LogP contribution in [-0.4, -0.2) is 46.5 Å². The van der Waals surface area contributed by atoms with Gasteiger partial charge in [0, 0.05) is 55.9 Å². The van der Waals surface area contributed by atoms with Crippen LogP contribution in [0.4, 0.5) is 24.5 Å². The van der Waals surface area contributed by atoms with Crippen LogP contribution >= 0.6 is 0 Å². The van der Waals surface area contributed by atoms with Crippen LogP contribution in [0.3, 0.4) is 0 Å². The average molecular weight is 444 g/mol. The van der Waals surface area contributed by atoms with Gasteiger partial charge < -0.3 is 14.4 Å². The van der Waals surface area contributed by atoms with Gasteiger partial charge in [0.1, 0.15) is 5.69 Å². The summed E-state index contributed by atoms with van der Waals surface area (Å²) in [5, 5.41) is 11.4. The fraction of sp³-hybridized carbons (Fsp3) is 0.227. The minimum atomic E-state index is -4.66. The summed E-state index contributed by atoms with van der Waals surface area (Å²) < 4.78 is 40.7. The van der Waals surface area contributed by atoms with Crippen LogP contribution in [-0.2, 0) is 6.18 Å². The summed E-state index contributed by atoms with van der Waals surface area (Å²) in [6.07, 6.45) is -0.863. The Balaban J connectivity index is 1.45. The number of rotatable bonds is 4. The molecule has 1 fully saturated rings. The first-order chi connectivity index (χ1) is 15.2. The highest BCUT2D eigenvalue weighted by Gasteiger charge is 2.34. The van der Waals surface area contributed by atoms with Gasteiger partial charge in [-0.05, 0) is 48.5 Å². The second-order valence-corrected chi connectivity index (χ2v) is 7.37. The lowest BCUT2D eigenvalue weighted by Crippen LogP contribution is -2.49. The Bertz CT molecular complexity index is 1120. The fourth-order valence-electron chi connectivity index (χ4n) is 3.73. The molecule has 1 aliphatic rings. The van der Waals surface area contributed by atoms with E-state index in [2.05, 4.69) is 0 Å². The number of carbonyl (C=O) groups excluding carboxylic acids is 1. The highest BCUT2D eigenvalue weighted by Crippen LogP contribution is 2.36. The number of carbonyl (C=O) groups is 1. The van der Waals surface area contributed by atoms with Gasteiger partial charge in [-0.2, -0.15) is 13.2 Å². The molecule has 3 aromatic rings. The Morgan fingerprint density at radius 2 is 1.56 bits per heavy atom. The number of aromatic nitrogens is 1. The van der Waals surface area contributed by atoms with Gasteiger partial charge in [0.15, 0.2) is 0 Å². The highest BCUT2D eigenvalue weighted by atomic mass is 19.4. The molecule has 0 aliphatic carbocycles. The summed E-state index contributed by atoms with van der Waals surface area (Å²) in [5.74, 6) is -0.161. The van der Waals surface area contributed by atoms with E-state index in [-0.39, 0.29) is 24.7 Å². The zero-order chi connectivity index (χ0) is 22.9. The van der Waals surface area contributed by atoms with Crippen LogP contribution in [0.5, 0.6) is 0 Å². The molecule has 0 unspecified atom stereocenters. The van der Waals surface area contributed by atoms with Gasteiger partial charge in [0.2, 0.25) is 0 Å². The molecule has 1 aromatic heterocycles. The number of hydrogen-bond donors (Lipinski definition) is 0. The number of halogens is 3. The molecule has 1 saturated heterocycles. The van der Waals surface area contributed by atoms with Crippen LogP contribution in [0.2, 0.25) is 0 Å². The average Bonchev–Trinajstić information content (AvgIpc) is 3.33. The van der Waals surface area contributed by atoms with E-state index in [9.17, 15) is 28.1 Å². The van der Waals surface area contributed by atoms with E-state index in [1.54, 1.807) is 21.9 Å². The Hall–Kier alpha value is -3.82. The second-order valence-electron chi connectivity index (χ2n) is 7.37. The Morgan fingerprint density at radius 3 is 2.12 bits per heavy atom. The molecule has 4 rings (SSSR count). The lowest BCUT2D eigenvalue weighted by atomic mass is 10.1. The number of piperazine rings is 1.